The fourth-order valence-corrected chi connectivity index (χ4v) is 3.35. The highest BCUT2D eigenvalue weighted by molar-refractivity contribution is 7.15. The summed E-state index contributed by atoms with van der Waals surface area (Å²) >= 11 is 1.45. The number of carbonyl (C=O) groups is 1. The van der Waals surface area contributed by atoms with Crippen LogP contribution in [0.25, 0.3) is 0 Å². The lowest BCUT2D eigenvalue weighted by atomic mass is 9.99. The molecule has 0 saturated heterocycles. The van der Waals surface area contributed by atoms with Crippen molar-refractivity contribution in [1.82, 2.24) is 4.98 Å². The van der Waals surface area contributed by atoms with Crippen LogP contribution in [0.4, 0.5) is 9.52 Å². The number of rotatable bonds is 2. The third-order valence-corrected chi connectivity index (χ3v) is 4.32. The number of anilines is 1. The molecule has 0 radical (unpaired) electrons. The molecule has 3 rings (SSSR count). The monoisotopic (exact) mass is 327 g/mol. The van der Waals surface area contributed by atoms with Crippen molar-refractivity contribution < 1.29 is 9.18 Å². The van der Waals surface area contributed by atoms with E-state index >= 15 is 0 Å². The van der Waals surface area contributed by atoms with E-state index in [1.165, 1.54) is 29.5 Å². The van der Waals surface area contributed by atoms with Crippen molar-refractivity contribution in [3.05, 3.63) is 46.2 Å². The van der Waals surface area contributed by atoms with E-state index in [9.17, 15) is 9.18 Å². The van der Waals surface area contributed by atoms with Gasteiger partial charge in [0.05, 0.1) is 5.69 Å². The standard InChI is InChI=1S/C14H14FN3OS.ClH/c15-9-3-1-2-8(6-9)13(19)18-14-17-11-5-4-10(16)7-12(11)20-14;/h1-3,6,10H,4-5,7,16H2,(H,17,18,19);1H/t10-;/m0./s1. The molecule has 0 saturated carbocycles. The molecule has 1 aliphatic carbocycles. The SMILES string of the molecule is Cl.N[C@H]1CCc2nc(NC(=O)c3cccc(F)c3)sc2C1. The summed E-state index contributed by atoms with van der Waals surface area (Å²) in [5.41, 5.74) is 7.22. The molecule has 0 unspecified atom stereocenters. The zero-order chi connectivity index (χ0) is 14.1. The fraction of sp³-hybridized carbons (Fsp3) is 0.286. The minimum Gasteiger partial charge on any atom is -0.327 e. The smallest absolute Gasteiger partial charge is 0.257 e. The molecule has 1 heterocycles. The van der Waals surface area contributed by atoms with E-state index in [1.807, 2.05) is 0 Å². The second-order valence-corrected chi connectivity index (χ2v) is 5.94. The van der Waals surface area contributed by atoms with Gasteiger partial charge in [0.25, 0.3) is 5.91 Å². The molecule has 0 bridgehead atoms. The zero-order valence-electron chi connectivity index (χ0n) is 11.1. The molecule has 1 aromatic heterocycles. The molecule has 0 aliphatic heterocycles. The average Bonchev–Trinajstić information content (AvgIpc) is 2.80. The Morgan fingerprint density at radius 2 is 2.29 bits per heavy atom. The Morgan fingerprint density at radius 3 is 3.05 bits per heavy atom. The Morgan fingerprint density at radius 1 is 1.48 bits per heavy atom. The number of fused-ring (bicyclic) bond motifs is 1. The highest BCUT2D eigenvalue weighted by atomic mass is 35.5. The van der Waals surface area contributed by atoms with E-state index in [4.69, 9.17) is 5.73 Å². The van der Waals surface area contributed by atoms with Gasteiger partial charge in [0, 0.05) is 16.5 Å². The summed E-state index contributed by atoms with van der Waals surface area (Å²) in [6, 6.07) is 5.77. The minimum atomic E-state index is -0.429. The number of halogens is 2. The highest BCUT2D eigenvalue weighted by Gasteiger charge is 2.21. The van der Waals surface area contributed by atoms with Crippen molar-refractivity contribution in [1.29, 1.82) is 0 Å². The Hall–Kier alpha value is -1.50. The van der Waals surface area contributed by atoms with Gasteiger partial charge in [-0.2, -0.15) is 0 Å². The maximum atomic E-state index is 13.1. The average molecular weight is 328 g/mol. The number of aromatic nitrogens is 1. The van der Waals surface area contributed by atoms with Crippen LogP contribution in [-0.4, -0.2) is 16.9 Å². The topological polar surface area (TPSA) is 68.0 Å². The molecular formula is C14H15ClFN3OS. The summed E-state index contributed by atoms with van der Waals surface area (Å²) in [5.74, 6) is -0.776. The van der Waals surface area contributed by atoms with Crippen LogP contribution in [0.15, 0.2) is 24.3 Å². The summed E-state index contributed by atoms with van der Waals surface area (Å²) in [6.07, 6.45) is 2.58. The van der Waals surface area contributed by atoms with Crippen molar-refractivity contribution in [2.24, 2.45) is 5.73 Å². The number of hydrogen-bond donors (Lipinski definition) is 2. The lowest BCUT2D eigenvalue weighted by Crippen LogP contribution is -2.27. The summed E-state index contributed by atoms with van der Waals surface area (Å²) in [4.78, 5) is 17.6. The number of aryl methyl sites for hydroxylation is 1. The van der Waals surface area contributed by atoms with Gasteiger partial charge in [0.15, 0.2) is 5.13 Å². The summed E-state index contributed by atoms with van der Waals surface area (Å²) in [6.45, 7) is 0. The van der Waals surface area contributed by atoms with Gasteiger partial charge in [-0.15, -0.1) is 23.7 Å². The number of amides is 1. The first kappa shape index (κ1) is 15.9. The van der Waals surface area contributed by atoms with Crippen molar-refractivity contribution in [2.75, 3.05) is 5.32 Å². The predicted molar refractivity (Wildman–Crippen MR) is 83.7 cm³/mol. The van der Waals surface area contributed by atoms with Crippen LogP contribution < -0.4 is 11.1 Å². The first-order valence-corrected chi connectivity index (χ1v) is 7.24. The molecule has 4 nitrogen and oxygen atoms in total. The zero-order valence-corrected chi connectivity index (χ0v) is 12.8. The third kappa shape index (κ3) is 3.58. The van der Waals surface area contributed by atoms with Crippen LogP contribution >= 0.6 is 23.7 Å². The number of nitrogens with one attached hydrogen (secondary N) is 1. The van der Waals surface area contributed by atoms with Gasteiger partial charge in [0.2, 0.25) is 0 Å². The number of nitrogens with two attached hydrogens (primary N) is 1. The van der Waals surface area contributed by atoms with Gasteiger partial charge in [-0.05, 0) is 37.5 Å². The lowest BCUT2D eigenvalue weighted by Gasteiger charge is -2.15. The van der Waals surface area contributed by atoms with Crippen molar-refractivity contribution in [3.8, 4) is 0 Å². The van der Waals surface area contributed by atoms with Crippen molar-refractivity contribution in [2.45, 2.75) is 25.3 Å². The number of benzene rings is 1. The summed E-state index contributed by atoms with van der Waals surface area (Å²) in [5, 5.41) is 3.27. The van der Waals surface area contributed by atoms with E-state index in [-0.39, 0.29) is 29.9 Å². The van der Waals surface area contributed by atoms with Crippen LogP contribution in [0.2, 0.25) is 0 Å². The van der Waals surface area contributed by atoms with Gasteiger partial charge in [0.1, 0.15) is 5.82 Å². The second-order valence-electron chi connectivity index (χ2n) is 4.86. The molecule has 7 heteroatoms. The van der Waals surface area contributed by atoms with E-state index < -0.39 is 5.82 Å². The molecule has 2 aromatic rings. The van der Waals surface area contributed by atoms with Crippen molar-refractivity contribution in [3.63, 3.8) is 0 Å². The first-order valence-electron chi connectivity index (χ1n) is 6.43. The van der Waals surface area contributed by atoms with E-state index in [1.54, 1.807) is 6.07 Å². The molecule has 21 heavy (non-hydrogen) atoms. The molecule has 1 amide bonds. The van der Waals surface area contributed by atoms with Gasteiger partial charge < -0.3 is 5.73 Å². The molecular weight excluding hydrogens is 313 g/mol. The second kappa shape index (κ2) is 6.51. The number of nitrogens with zero attached hydrogens (tertiary/aromatic N) is 1. The Labute approximate surface area is 132 Å². The van der Waals surface area contributed by atoms with Gasteiger partial charge >= 0.3 is 0 Å². The fourth-order valence-electron chi connectivity index (χ4n) is 2.25. The Balaban J connectivity index is 0.00000161. The quantitative estimate of drug-likeness (QED) is 0.891. The predicted octanol–water partition coefficient (Wildman–Crippen LogP) is 2.77. The molecule has 1 aromatic carbocycles. The minimum absolute atomic E-state index is 0. The van der Waals surface area contributed by atoms with Gasteiger partial charge in [-0.3, -0.25) is 10.1 Å². The molecule has 112 valence electrons. The van der Waals surface area contributed by atoms with Crippen LogP contribution in [0, 0.1) is 5.82 Å². The molecule has 0 fully saturated rings. The molecule has 1 aliphatic rings. The highest BCUT2D eigenvalue weighted by Crippen LogP contribution is 2.29. The van der Waals surface area contributed by atoms with Crippen LogP contribution in [0.1, 0.15) is 27.3 Å². The third-order valence-electron chi connectivity index (χ3n) is 3.29. The van der Waals surface area contributed by atoms with Crippen LogP contribution in [0.5, 0.6) is 0 Å². The van der Waals surface area contributed by atoms with Crippen LogP contribution in [0.3, 0.4) is 0 Å². The largest absolute Gasteiger partial charge is 0.327 e. The summed E-state index contributed by atoms with van der Waals surface area (Å²) in [7, 11) is 0. The molecule has 1 atom stereocenters. The first-order chi connectivity index (χ1) is 9.61. The van der Waals surface area contributed by atoms with Crippen LogP contribution in [-0.2, 0) is 12.8 Å². The normalized spacial score (nSPS) is 16.8. The van der Waals surface area contributed by atoms with Crippen molar-refractivity contribution >= 4 is 34.8 Å². The van der Waals surface area contributed by atoms with E-state index in [2.05, 4.69) is 10.3 Å². The van der Waals surface area contributed by atoms with E-state index in [0.717, 1.165) is 29.8 Å². The molecule has 0 spiro atoms. The Bertz CT molecular complexity index is 661. The van der Waals surface area contributed by atoms with Gasteiger partial charge in [-0.25, -0.2) is 9.37 Å². The maximum Gasteiger partial charge on any atom is 0.257 e. The number of thiazole rings is 1. The Kier molecular flexibility index (Phi) is 4.92. The lowest BCUT2D eigenvalue weighted by molar-refractivity contribution is 0.102. The number of hydrogen-bond acceptors (Lipinski definition) is 4. The number of carbonyl (C=O) groups excluding carboxylic acids is 1. The summed E-state index contributed by atoms with van der Waals surface area (Å²) < 4.78 is 13.1. The molecule has 3 N–H and O–H groups in total. The maximum absolute atomic E-state index is 13.1. The van der Waals surface area contributed by atoms with E-state index in [0.29, 0.717) is 5.13 Å². The van der Waals surface area contributed by atoms with Gasteiger partial charge in [-0.1, -0.05) is 6.07 Å².